The average molecular weight is 1000 g/mol. The topological polar surface area (TPSA) is 202 Å². The van der Waals surface area contributed by atoms with Gasteiger partial charge in [-0.1, -0.05) is 123 Å². The minimum absolute atomic E-state index is 0.0108. The normalized spacial score (nSPS) is 17.0. The third-order valence-corrected chi connectivity index (χ3v) is 12.9. The van der Waals surface area contributed by atoms with Crippen molar-refractivity contribution in [2.75, 3.05) is 32.5 Å². The van der Waals surface area contributed by atoms with E-state index in [0.29, 0.717) is 11.3 Å². The molecule has 0 spiro atoms. The Morgan fingerprint density at radius 3 is 2.10 bits per heavy atom. The van der Waals surface area contributed by atoms with E-state index in [1.807, 2.05) is 99.6 Å². The van der Waals surface area contributed by atoms with E-state index in [2.05, 4.69) is 10.6 Å². The molecule has 15 nitrogen and oxygen atoms in total. The lowest BCUT2D eigenvalue weighted by atomic mass is 9.93. The average Bonchev–Trinajstić information content (AvgIpc) is 4.07. The Morgan fingerprint density at radius 2 is 1.49 bits per heavy atom. The van der Waals surface area contributed by atoms with Crippen molar-refractivity contribution in [2.45, 2.75) is 90.3 Å². The van der Waals surface area contributed by atoms with Gasteiger partial charge in [0.05, 0.1) is 23.7 Å². The second-order valence-corrected chi connectivity index (χ2v) is 21.2. The summed E-state index contributed by atoms with van der Waals surface area (Å²) in [5, 5.41) is 5.53. The van der Waals surface area contributed by atoms with Crippen molar-refractivity contribution in [1.29, 1.82) is 0 Å². The Kier molecular flexibility index (Phi) is 17.9. The molecule has 0 radical (unpaired) electrons. The second kappa shape index (κ2) is 23.6. The number of halogens is 1. The molecule has 2 amide bonds. The molecule has 0 saturated carbocycles. The van der Waals surface area contributed by atoms with Gasteiger partial charge >= 0.3 is 24.0 Å². The molecule has 0 bridgehead atoms. The number of methoxy groups -OCH3 is 1. The minimum atomic E-state index is -3.69. The molecule has 2 aliphatic rings. The van der Waals surface area contributed by atoms with Gasteiger partial charge in [-0.3, -0.25) is 9.59 Å². The van der Waals surface area contributed by atoms with Crippen LogP contribution in [0.5, 0.6) is 5.75 Å². The number of nitrogens with one attached hydrogen (secondary N) is 2. The van der Waals surface area contributed by atoms with Gasteiger partial charge < -0.3 is 39.1 Å². The zero-order valence-electron chi connectivity index (χ0n) is 40.3. The van der Waals surface area contributed by atoms with Crippen LogP contribution in [-0.2, 0) is 59.1 Å². The number of alkyl carbamates (subject to hydrolysis) is 1. The number of amides is 2. The van der Waals surface area contributed by atoms with Crippen LogP contribution in [0.25, 0.3) is 11.1 Å². The van der Waals surface area contributed by atoms with Crippen molar-refractivity contribution < 1.29 is 60.8 Å². The molecule has 4 aromatic rings. The monoisotopic (exact) mass is 1000 g/mol. The highest BCUT2D eigenvalue weighted by molar-refractivity contribution is 7.90. The Bertz CT molecular complexity index is 2610. The molecule has 1 aliphatic heterocycles. The zero-order valence-corrected chi connectivity index (χ0v) is 41.9. The summed E-state index contributed by atoms with van der Waals surface area (Å²) in [5.74, 6) is -4.43. The molecular formula is C53H61ClN2O13S. The van der Waals surface area contributed by atoms with Crippen molar-refractivity contribution >= 4 is 51.3 Å². The van der Waals surface area contributed by atoms with Crippen LogP contribution in [-0.4, -0.2) is 95.1 Å². The van der Waals surface area contributed by atoms with E-state index in [1.165, 1.54) is 19.3 Å². The maximum Gasteiger partial charge on any atom is 0.407 e. The molecule has 1 aliphatic carbocycles. The van der Waals surface area contributed by atoms with Gasteiger partial charge in [0.2, 0.25) is 5.91 Å². The van der Waals surface area contributed by atoms with Gasteiger partial charge in [0, 0.05) is 37.5 Å². The second-order valence-electron chi connectivity index (χ2n) is 18.7. The van der Waals surface area contributed by atoms with Crippen molar-refractivity contribution in [2.24, 2.45) is 17.3 Å². The third-order valence-electron chi connectivity index (χ3n) is 12.1. The standard InChI is InChI=1S/C53H61ClN2O13S/c1-32(2)26-45(68-51(60)53(4,5)30-55-52(61)65-29-40-38-20-13-11-18-36(38)37-19-12-14-21-39(37)40)50(59)67-43(33(3)47-48(69-47)35-16-9-8-10-17-35)22-15-23-46(57)56-42(49(58)66-31-70(7,62)63)28-34-24-25-44(64-6)41(54)27-34/h8-21,23-25,27,32-33,40,42-43,45,47-48H,22,26,28-31H2,1-7H3,(H,55,61)(H,56,57)/b23-15+/t33-,42+,43-,45-,47+,48-/m0/s1. The van der Waals surface area contributed by atoms with Crippen LogP contribution in [0, 0.1) is 17.3 Å². The first kappa shape index (κ1) is 53.1. The van der Waals surface area contributed by atoms with E-state index in [4.69, 9.17) is 40.0 Å². The van der Waals surface area contributed by atoms with Crippen LogP contribution in [0.1, 0.15) is 81.7 Å². The van der Waals surface area contributed by atoms with E-state index in [1.54, 1.807) is 32.0 Å². The van der Waals surface area contributed by atoms with Crippen LogP contribution >= 0.6 is 11.6 Å². The summed E-state index contributed by atoms with van der Waals surface area (Å²) in [6, 6.07) is 29.0. The fourth-order valence-electron chi connectivity index (χ4n) is 8.23. The maximum atomic E-state index is 14.1. The molecule has 1 fully saturated rings. The summed E-state index contributed by atoms with van der Waals surface area (Å²) in [6.45, 7) is 8.72. The number of benzene rings is 4. The Hall–Kier alpha value is -6.23. The number of hydrogen-bond donors (Lipinski definition) is 2. The first-order valence-electron chi connectivity index (χ1n) is 23.1. The first-order chi connectivity index (χ1) is 33.2. The fourth-order valence-corrected chi connectivity index (χ4v) is 8.84. The van der Waals surface area contributed by atoms with Gasteiger partial charge in [-0.15, -0.1) is 0 Å². The number of rotatable bonds is 23. The molecule has 374 valence electrons. The van der Waals surface area contributed by atoms with Crippen molar-refractivity contribution in [3.63, 3.8) is 0 Å². The molecule has 6 atom stereocenters. The van der Waals surface area contributed by atoms with Crippen molar-refractivity contribution in [3.8, 4) is 16.9 Å². The van der Waals surface area contributed by atoms with Crippen LogP contribution in [0.2, 0.25) is 5.02 Å². The highest BCUT2D eigenvalue weighted by Gasteiger charge is 2.48. The molecule has 1 saturated heterocycles. The fraction of sp³-hybridized carbons (Fsp3) is 0.415. The van der Waals surface area contributed by atoms with Gasteiger partial charge in [-0.05, 0) is 77.8 Å². The summed E-state index contributed by atoms with van der Waals surface area (Å²) < 4.78 is 57.6. The summed E-state index contributed by atoms with van der Waals surface area (Å²) >= 11 is 6.30. The summed E-state index contributed by atoms with van der Waals surface area (Å²) in [4.78, 5) is 67.5. The summed E-state index contributed by atoms with van der Waals surface area (Å²) in [6.07, 6.45) is 0.0537. The van der Waals surface area contributed by atoms with Gasteiger partial charge in [0.1, 0.15) is 30.6 Å². The Labute approximate surface area is 414 Å². The van der Waals surface area contributed by atoms with Gasteiger partial charge in [-0.2, -0.15) is 0 Å². The number of ether oxygens (including phenoxy) is 6. The number of esters is 3. The predicted octanol–water partition coefficient (Wildman–Crippen LogP) is 8.08. The van der Waals surface area contributed by atoms with E-state index < -0.39 is 75.3 Å². The van der Waals surface area contributed by atoms with Gasteiger partial charge in [0.15, 0.2) is 21.9 Å². The van der Waals surface area contributed by atoms with Crippen molar-refractivity contribution in [1.82, 2.24) is 10.6 Å². The molecule has 70 heavy (non-hydrogen) atoms. The SMILES string of the molecule is COc1ccc(C[C@@H](NC(=O)/C=C/C[C@H](OC(=O)[C@H](CC(C)C)OC(=O)C(C)(C)CNC(=O)OCC2c3ccccc3-c3ccccc32)[C@H](C)[C@H]2O[C@H]2c2ccccc2)C(=O)OCS(C)(=O)=O)cc1Cl. The van der Waals surface area contributed by atoms with E-state index in [9.17, 15) is 32.4 Å². The minimum Gasteiger partial charge on any atom is -0.495 e. The molecule has 6 rings (SSSR count). The maximum absolute atomic E-state index is 14.1. The lowest BCUT2D eigenvalue weighted by Crippen LogP contribution is -2.44. The molecule has 0 unspecified atom stereocenters. The van der Waals surface area contributed by atoms with E-state index in [0.717, 1.165) is 34.1 Å². The number of hydrogen-bond acceptors (Lipinski definition) is 13. The van der Waals surface area contributed by atoms with Crippen LogP contribution in [0.4, 0.5) is 4.79 Å². The Balaban J connectivity index is 1.11. The number of sulfone groups is 1. The van der Waals surface area contributed by atoms with Crippen LogP contribution in [0.15, 0.2) is 109 Å². The molecule has 0 aromatic heterocycles. The molecule has 17 heteroatoms. The molecular weight excluding hydrogens is 940 g/mol. The number of fused-ring (bicyclic) bond motifs is 3. The van der Waals surface area contributed by atoms with Crippen LogP contribution < -0.4 is 15.4 Å². The van der Waals surface area contributed by atoms with Gasteiger partial charge in [-0.25, -0.2) is 22.8 Å². The number of carbonyl (C=O) groups is 5. The smallest absolute Gasteiger partial charge is 0.407 e. The highest BCUT2D eigenvalue weighted by atomic mass is 35.5. The Morgan fingerprint density at radius 1 is 0.843 bits per heavy atom. The summed E-state index contributed by atoms with van der Waals surface area (Å²) in [7, 11) is -2.25. The van der Waals surface area contributed by atoms with Crippen molar-refractivity contribution in [3.05, 3.63) is 136 Å². The first-order valence-corrected chi connectivity index (χ1v) is 25.5. The predicted molar refractivity (Wildman–Crippen MR) is 262 cm³/mol. The quantitative estimate of drug-likeness (QED) is 0.0313. The summed E-state index contributed by atoms with van der Waals surface area (Å²) in [5.41, 5.74) is 4.49. The number of epoxide rings is 1. The molecule has 4 aromatic carbocycles. The van der Waals surface area contributed by atoms with E-state index in [-0.39, 0.29) is 61.5 Å². The van der Waals surface area contributed by atoms with E-state index >= 15 is 0 Å². The van der Waals surface area contributed by atoms with Crippen LogP contribution in [0.3, 0.4) is 0 Å². The molecule has 1 heterocycles. The number of carbonyl (C=O) groups excluding carboxylic acids is 5. The largest absolute Gasteiger partial charge is 0.495 e. The van der Waals surface area contributed by atoms with Gasteiger partial charge in [0.25, 0.3) is 0 Å². The zero-order chi connectivity index (χ0) is 50.8. The third kappa shape index (κ3) is 14.4. The lowest BCUT2D eigenvalue weighted by Gasteiger charge is -2.29. The highest BCUT2D eigenvalue weighted by Crippen LogP contribution is 2.46. The lowest BCUT2D eigenvalue weighted by molar-refractivity contribution is -0.179. The molecule has 2 N–H and O–H groups in total.